The van der Waals surface area contributed by atoms with E-state index < -0.39 is 0 Å². The Kier molecular flexibility index (Phi) is 5.51. The molecule has 0 saturated heterocycles. The molecule has 0 aliphatic heterocycles. The third-order valence-electron chi connectivity index (χ3n) is 4.02. The lowest BCUT2D eigenvalue weighted by molar-refractivity contribution is 0.590. The maximum absolute atomic E-state index is 6.23. The van der Waals surface area contributed by atoms with Crippen LogP contribution < -0.4 is 5.84 Å². The summed E-state index contributed by atoms with van der Waals surface area (Å²) in [6, 6.07) is 13.8. The number of halogens is 2. The van der Waals surface area contributed by atoms with Crippen molar-refractivity contribution in [2.45, 2.75) is 37.1 Å². The lowest BCUT2D eigenvalue weighted by Gasteiger charge is -2.19. The summed E-state index contributed by atoms with van der Waals surface area (Å²) in [7, 11) is 0. The second-order valence-electron chi connectivity index (χ2n) is 7.04. The molecule has 3 aromatic rings. The standard InChI is InChI=1S/C19H20Cl2N4S/c1-19(2,3)13-6-4-12(5-7-13)11-26-18-24-23-17(25(18)22)15-10-14(20)8-9-16(15)21/h4-10H,11,22H2,1-3H3. The maximum Gasteiger partial charge on any atom is 0.210 e. The zero-order valence-electron chi connectivity index (χ0n) is 14.8. The Morgan fingerprint density at radius 1 is 1.04 bits per heavy atom. The summed E-state index contributed by atoms with van der Waals surface area (Å²) in [5.41, 5.74) is 3.32. The van der Waals surface area contributed by atoms with Crippen LogP contribution in [0, 0.1) is 0 Å². The molecular weight excluding hydrogens is 387 g/mol. The van der Waals surface area contributed by atoms with E-state index in [2.05, 4.69) is 55.2 Å². The highest BCUT2D eigenvalue weighted by molar-refractivity contribution is 7.98. The molecule has 7 heteroatoms. The predicted octanol–water partition coefficient (Wildman–Crippen LogP) is 5.56. The quantitative estimate of drug-likeness (QED) is 0.455. The van der Waals surface area contributed by atoms with Crippen LogP contribution >= 0.6 is 35.0 Å². The fourth-order valence-electron chi connectivity index (χ4n) is 2.48. The van der Waals surface area contributed by atoms with E-state index in [1.54, 1.807) is 18.2 Å². The molecule has 0 fully saturated rings. The van der Waals surface area contributed by atoms with Crippen molar-refractivity contribution in [3.8, 4) is 11.4 Å². The minimum atomic E-state index is 0.147. The Morgan fingerprint density at radius 3 is 2.38 bits per heavy atom. The van der Waals surface area contributed by atoms with E-state index in [0.717, 1.165) is 5.75 Å². The molecule has 0 amide bonds. The van der Waals surface area contributed by atoms with Crippen LogP contribution in [0.15, 0.2) is 47.6 Å². The van der Waals surface area contributed by atoms with Crippen LogP contribution in [0.4, 0.5) is 0 Å². The smallest absolute Gasteiger partial charge is 0.210 e. The number of nitrogens with zero attached hydrogens (tertiary/aromatic N) is 3. The van der Waals surface area contributed by atoms with Crippen LogP contribution in [0.5, 0.6) is 0 Å². The van der Waals surface area contributed by atoms with Gasteiger partial charge in [-0.05, 0) is 34.7 Å². The second kappa shape index (κ2) is 7.51. The lowest BCUT2D eigenvalue weighted by atomic mass is 9.87. The first-order chi connectivity index (χ1) is 12.3. The Labute approximate surface area is 167 Å². The third-order valence-corrected chi connectivity index (χ3v) is 5.60. The van der Waals surface area contributed by atoms with Crippen molar-refractivity contribution in [2.75, 3.05) is 5.84 Å². The lowest BCUT2D eigenvalue weighted by Crippen LogP contribution is -2.12. The van der Waals surface area contributed by atoms with Gasteiger partial charge in [-0.15, -0.1) is 10.2 Å². The number of thioether (sulfide) groups is 1. The zero-order valence-corrected chi connectivity index (χ0v) is 17.2. The van der Waals surface area contributed by atoms with Crippen molar-refractivity contribution in [1.29, 1.82) is 0 Å². The van der Waals surface area contributed by atoms with Gasteiger partial charge in [0.05, 0.1) is 5.02 Å². The van der Waals surface area contributed by atoms with Crippen molar-refractivity contribution in [3.63, 3.8) is 0 Å². The monoisotopic (exact) mass is 406 g/mol. The predicted molar refractivity (Wildman–Crippen MR) is 110 cm³/mol. The average Bonchev–Trinajstić information content (AvgIpc) is 2.95. The van der Waals surface area contributed by atoms with E-state index >= 15 is 0 Å². The van der Waals surface area contributed by atoms with Gasteiger partial charge in [-0.2, -0.15) is 0 Å². The number of nitrogens with two attached hydrogens (primary N) is 1. The van der Waals surface area contributed by atoms with Crippen LogP contribution in [0.2, 0.25) is 10.0 Å². The van der Waals surface area contributed by atoms with Crippen LogP contribution in [0.3, 0.4) is 0 Å². The van der Waals surface area contributed by atoms with Gasteiger partial charge in [0.25, 0.3) is 0 Å². The number of nitrogen functional groups attached to an aromatic ring is 1. The van der Waals surface area contributed by atoms with Gasteiger partial charge in [0.2, 0.25) is 5.16 Å². The fourth-order valence-corrected chi connectivity index (χ4v) is 3.66. The molecule has 0 aliphatic rings. The summed E-state index contributed by atoms with van der Waals surface area (Å²) in [4.78, 5) is 0. The summed E-state index contributed by atoms with van der Waals surface area (Å²) >= 11 is 13.8. The summed E-state index contributed by atoms with van der Waals surface area (Å²) in [6.45, 7) is 6.61. The minimum absolute atomic E-state index is 0.147. The van der Waals surface area contributed by atoms with Gasteiger partial charge in [0, 0.05) is 16.3 Å². The minimum Gasteiger partial charge on any atom is -0.335 e. The second-order valence-corrected chi connectivity index (χ2v) is 8.82. The summed E-state index contributed by atoms with van der Waals surface area (Å²) < 4.78 is 1.45. The summed E-state index contributed by atoms with van der Waals surface area (Å²) in [5.74, 6) is 7.41. The molecule has 3 rings (SSSR count). The van der Waals surface area contributed by atoms with Gasteiger partial charge in [-0.3, -0.25) is 0 Å². The van der Waals surface area contributed by atoms with Gasteiger partial charge in [0.1, 0.15) is 0 Å². The topological polar surface area (TPSA) is 56.7 Å². The van der Waals surface area contributed by atoms with Crippen LogP contribution in [-0.2, 0) is 11.2 Å². The SMILES string of the molecule is CC(C)(C)c1ccc(CSc2nnc(-c3cc(Cl)ccc3Cl)n2N)cc1. The van der Waals surface area contributed by atoms with E-state index in [9.17, 15) is 0 Å². The normalized spacial score (nSPS) is 11.7. The molecule has 1 heterocycles. The summed E-state index contributed by atoms with van der Waals surface area (Å²) in [6.07, 6.45) is 0. The molecular formula is C19H20Cl2N4S. The third kappa shape index (κ3) is 4.17. The highest BCUT2D eigenvalue weighted by Gasteiger charge is 2.16. The van der Waals surface area contributed by atoms with Gasteiger partial charge < -0.3 is 5.84 Å². The molecule has 0 spiro atoms. The van der Waals surface area contributed by atoms with E-state index in [1.807, 2.05) is 0 Å². The first kappa shape index (κ1) is 19.1. The Bertz CT molecular complexity index is 914. The van der Waals surface area contributed by atoms with Gasteiger partial charge in [-0.1, -0.05) is 80.0 Å². The molecule has 2 aromatic carbocycles. The molecule has 0 aliphatic carbocycles. The molecule has 0 atom stereocenters. The Morgan fingerprint density at radius 2 is 1.73 bits per heavy atom. The number of benzene rings is 2. The highest BCUT2D eigenvalue weighted by atomic mass is 35.5. The number of aromatic nitrogens is 3. The van der Waals surface area contributed by atoms with Crippen molar-refractivity contribution >= 4 is 35.0 Å². The molecule has 0 saturated carbocycles. The molecule has 0 unspecified atom stereocenters. The van der Waals surface area contributed by atoms with Crippen LogP contribution in [0.1, 0.15) is 31.9 Å². The van der Waals surface area contributed by atoms with E-state index in [0.29, 0.717) is 26.6 Å². The molecule has 4 nitrogen and oxygen atoms in total. The van der Waals surface area contributed by atoms with Gasteiger partial charge in [0.15, 0.2) is 5.82 Å². The van der Waals surface area contributed by atoms with Crippen molar-refractivity contribution < 1.29 is 0 Å². The molecule has 0 radical (unpaired) electrons. The Balaban J connectivity index is 1.76. The average molecular weight is 407 g/mol. The Hall–Kier alpha value is -1.69. The van der Waals surface area contributed by atoms with E-state index in [4.69, 9.17) is 29.0 Å². The van der Waals surface area contributed by atoms with Crippen molar-refractivity contribution in [2.24, 2.45) is 0 Å². The zero-order chi connectivity index (χ0) is 18.9. The maximum atomic E-state index is 6.23. The number of rotatable bonds is 4. The first-order valence-electron chi connectivity index (χ1n) is 8.14. The van der Waals surface area contributed by atoms with Crippen molar-refractivity contribution in [1.82, 2.24) is 14.9 Å². The van der Waals surface area contributed by atoms with E-state index in [-0.39, 0.29) is 5.41 Å². The largest absolute Gasteiger partial charge is 0.335 e. The van der Waals surface area contributed by atoms with Crippen LogP contribution in [-0.4, -0.2) is 14.9 Å². The molecule has 2 N–H and O–H groups in total. The van der Waals surface area contributed by atoms with Crippen molar-refractivity contribution in [3.05, 3.63) is 63.6 Å². The first-order valence-corrected chi connectivity index (χ1v) is 9.88. The van der Waals surface area contributed by atoms with Gasteiger partial charge >= 0.3 is 0 Å². The van der Waals surface area contributed by atoms with Crippen LogP contribution in [0.25, 0.3) is 11.4 Å². The number of hydrogen-bond acceptors (Lipinski definition) is 4. The highest BCUT2D eigenvalue weighted by Crippen LogP contribution is 2.31. The summed E-state index contributed by atoms with van der Waals surface area (Å²) in [5, 5.41) is 10.1. The molecule has 26 heavy (non-hydrogen) atoms. The van der Waals surface area contributed by atoms with E-state index in [1.165, 1.54) is 27.6 Å². The molecule has 136 valence electrons. The fraction of sp³-hybridized carbons (Fsp3) is 0.263. The molecule has 1 aromatic heterocycles. The van der Waals surface area contributed by atoms with Gasteiger partial charge in [-0.25, -0.2) is 4.68 Å². The molecule has 0 bridgehead atoms. The number of hydrogen-bond donors (Lipinski definition) is 1.